The summed E-state index contributed by atoms with van der Waals surface area (Å²) in [6.07, 6.45) is 6.47. The third-order valence-corrected chi connectivity index (χ3v) is 6.00. The number of carbonyl (C=O) groups excluding carboxylic acids is 1. The van der Waals surface area contributed by atoms with Gasteiger partial charge in [0.05, 0.1) is 18.3 Å². The number of hydrogen-bond donors (Lipinski definition) is 2. The number of carbonyl (C=O) groups is 1. The average Bonchev–Trinajstić information content (AvgIpc) is 3.49. The van der Waals surface area contributed by atoms with Crippen LogP contribution in [-0.4, -0.2) is 37.6 Å². The van der Waals surface area contributed by atoms with Gasteiger partial charge in [0.25, 0.3) is 11.5 Å². The summed E-state index contributed by atoms with van der Waals surface area (Å²) < 4.78 is 8.47. The van der Waals surface area contributed by atoms with Crippen molar-refractivity contribution in [2.24, 2.45) is 0 Å². The number of rotatable bonds is 5. The van der Waals surface area contributed by atoms with Gasteiger partial charge in [-0.1, -0.05) is 12.1 Å². The second kappa shape index (κ2) is 7.97. The van der Waals surface area contributed by atoms with E-state index in [4.69, 9.17) is 4.74 Å². The molecule has 4 aromatic rings. The van der Waals surface area contributed by atoms with E-state index in [1.54, 1.807) is 18.2 Å². The van der Waals surface area contributed by atoms with Gasteiger partial charge in [-0.15, -0.1) is 11.3 Å². The number of hydrogen-bond acceptors (Lipinski definition) is 6. The number of ether oxygens (including phenoxy) is 1. The van der Waals surface area contributed by atoms with Crippen molar-refractivity contribution >= 4 is 27.9 Å². The van der Waals surface area contributed by atoms with E-state index >= 15 is 0 Å². The molecule has 1 aromatic carbocycles. The minimum Gasteiger partial charge on any atom is -0.376 e. The van der Waals surface area contributed by atoms with Crippen molar-refractivity contribution in [2.45, 2.75) is 25.5 Å². The summed E-state index contributed by atoms with van der Waals surface area (Å²) in [6, 6.07) is 7.23. The summed E-state index contributed by atoms with van der Waals surface area (Å²) in [6.45, 7) is 0.741. The predicted octanol–water partition coefficient (Wildman–Crippen LogP) is 2.34. The second-order valence-corrected chi connectivity index (χ2v) is 8.19. The van der Waals surface area contributed by atoms with Crippen molar-refractivity contribution in [3.8, 4) is 11.3 Å². The fourth-order valence-electron chi connectivity index (χ4n) is 3.65. The van der Waals surface area contributed by atoms with Gasteiger partial charge in [0.15, 0.2) is 4.96 Å². The number of H-pyrrole nitrogens is 1. The number of fused-ring (bicyclic) bond motifs is 1. The molecule has 1 aliphatic rings. The van der Waals surface area contributed by atoms with Gasteiger partial charge in [-0.25, -0.2) is 9.78 Å². The summed E-state index contributed by atoms with van der Waals surface area (Å²) in [5.74, 6) is -0.592. The number of amides is 1. The second-order valence-electron chi connectivity index (χ2n) is 7.31. The third-order valence-electron chi connectivity index (χ3n) is 5.22. The first kappa shape index (κ1) is 19.5. The highest BCUT2D eigenvalue weighted by atomic mass is 32.1. The van der Waals surface area contributed by atoms with E-state index in [9.17, 15) is 14.4 Å². The van der Waals surface area contributed by atoms with Crippen LogP contribution in [0.3, 0.4) is 0 Å². The van der Waals surface area contributed by atoms with Crippen molar-refractivity contribution in [3.63, 3.8) is 0 Å². The Labute approximate surface area is 180 Å². The van der Waals surface area contributed by atoms with Crippen LogP contribution in [0, 0.1) is 0 Å². The van der Waals surface area contributed by atoms with Gasteiger partial charge in [0.2, 0.25) is 0 Å². The molecule has 31 heavy (non-hydrogen) atoms. The van der Waals surface area contributed by atoms with Gasteiger partial charge >= 0.3 is 5.69 Å². The molecule has 0 bridgehead atoms. The normalized spacial score (nSPS) is 16.1. The van der Waals surface area contributed by atoms with Crippen molar-refractivity contribution in [1.82, 2.24) is 18.9 Å². The molecule has 1 saturated heterocycles. The molecule has 1 unspecified atom stereocenters. The highest BCUT2D eigenvalue weighted by molar-refractivity contribution is 7.15. The van der Waals surface area contributed by atoms with Crippen molar-refractivity contribution in [3.05, 3.63) is 74.6 Å². The van der Waals surface area contributed by atoms with Crippen LogP contribution in [0.1, 0.15) is 23.2 Å². The molecule has 1 amide bonds. The van der Waals surface area contributed by atoms with Crippen LogP contribution in [0.5, 0.6) is 0 Å². The Bertz CT molecular complexity index is 1350. The Morgan fingerprint density at radius 2 is 2.26 bits per heavy atom. The molecular formula is C21H19N5O4S. The van der Waals surface area contributed by atoms with E-state index in [0.717, 1.165) is 39.8 Å². The van der Waals surface area contributed by atoms with Gasteiger partial charge in [-0.05, 0) is 25.0 Å². The Kier molecular flexibility index (Phi) is 5.00. The SMILES string of the molecule is O=C(Nc1cccc(-c2cn3ccsc3n2)c1)c1c[nH]c(=O)n(CC2CCCO2)c1=O. The van der Waals surface area contributed by atoms with Crippen LogP contribution in [0.25, 0.3) is 16.2 Å². The molecule has 4 heterocycles. The van der Waals surface area contributed by atoms with Crippen LogP contribution >= 0.6 is 11.3 Å². The molecule has 0 radical (unpaired) electrons. The van der Waals surface area contributed by atoms with Gasteiger partial charge < -0.3 is 15.0 Å². The lowest BCUT2D eigenvalue weighted by atomic mass is 10.1. The Balaban J connectivity index is 1.39. The Morgan fingerprint density at radius 3 is 3.06 bits per heavy atom. The fourth-order valence-corrected chi connectivity index (χ4v) is 4.35. The zero-order valence-corrected chi connectivity index (χ0v) is 17.2. The van der Waals surface area contributed by atoms with E-state index in [0.29, 0.717) is 12.3 Å². The summed E-state index contributed by atoms with van der Waals surface area (Å²) >= 11 is 1.54. The highest BCUT2D eigenvalue weighted by Crippen LogP contribution is 2.24. The van der Waals surface area contributed by atoms with Crippen molar-refractivity contribution in [2.75, 3.05) is 11.9 Å². The lowest BCUT2D eigenvalue weighted by molar-refractivity contribution is 0.0941. The van der Waals surface area contributed by atoms with Gasteiger partial charge in [-0.3, -0.25) is 18.6 Å². The summed E-state index contributed by atoms with van der Waals surface area (Å²) in [4.78, 5) is 45.6. The van der Waals surface area contributed by atoms with E-state index in [2.05, 4.69) is 15.3 Å². The predicted molar refractivity (Wildman–Crippen MR) is 117 cm³/mol. The fraction of sp³-hybridized carbons (Fsp3) is 0.238. The molecule has 1 atom stereocenters. The lowest BCUT2D eigenvalue weighted by Crippen LogP contribution is -2.41. The molecule has 0 saturated carbocycles. The number of anilines is 1. The molecule has 1 aliphatic heterocycles. The van der Waals surface area contributed by atoms with Crippen LogP contribution in [0.4, 0.5) is 5.69 Å². The number of aromatic amines is 1. The Morgan fingerprint density at radius 1 is 1.35 bits per heavy atom. The molecule has 0 aliphatic carbocycles. The van der Waals surface area contributed by atoms with Crippen LogP contribution < -0.4 is 16.6 Å². The highest BCUT2D eigenvalue weighted by Gasteiger charge is 2.21. The molecule has 158 valence electrons. The molecule has 0 spiro atoms. The first-order valence-corrected chi connectivity index (χ1v) is 10.7. The summed E-state index contributed by atoms with van der Waals surface area (Å²) in [5, 5.41) is 4.70. The number of thiazole rings is 1. The molecule has 2 N–H and O–H groups in total. The van der Waals surface area contributed by atoms with E-state index in [1.165, 1.54) is 11.3 Å². The standard InChI is InChI=1S/C21H19N5O4S/c27-18(16-10-22-20(29)26(19(16)28)11-15-5-2-7-30-15)23-14-4-1-3-13(9-14)17-12-25-6-8-31-21(25)24-17/h1,3-4,6,8-10,12,15H,2,5,7,11H2,(H,22,29)(H,23,27). The van der Waals surface area contributed by atoms with Gasteiger partial charge in [-0.2, -0.15) is 0 Å². The van der Waals surface area contributed by atoms with Gasteiger partial charge in [0, 0.05) is 41.8 Å². The zero-order valence-electron chi connectivity index (χ0n) is 16.4. The van der Waals surface area contributed by atoms with Crippen molar-refractivity contribution < 1.29 is 9.53 Å². The van der Waals surface area contributed by atoms with Crippen LogP contribution in [-0.2, 0) is 11.3 Å². The quantitative estimate of drug-likeness (QED) is 0.498. The number of aromatic nitrogens is 4. The van der Waals surface area contributed by atoms with Crippen molar-refractivity contribution in [1.29, 1.82) is 0 Å². The number of benzene rings is 1. The summed E-state index contributed by atoms with van der Waals surface area (Å²) in [5.41, 5.74) is 0.818. The smallest absolute Gasteiger partial charge is 0.328 e. The molecule has 10 heteroatoms. The lowest BCUT2D eigenvalue weighted by Gasteiger charge is -2.12. The summed E-state index contributed by atoms with van der Waals surface area (Å²) in [7, 11) is 0. The molecule has 5 rings (SSSR count). The molecular weight excluding hydrogens is 418 g/mol. The Hall–Kier alpha value is -3.50. The van der Waals surface area contributed by atoms with Crippen LogP contribution in [0.15, 0.2) is 57.8 Å². The largest absolute Gasteiger partial charge is 0.376 e. The minimum absolute atomic E-state index is 0.127. The van der Waals surface area contributed by atoms with Gasteiger partial charge in [0.1, 0.15) is 5.56 Å². The maximum absolute atomic E-state index is 12.8. The minimum atomic E-state index is -0.637. The maximum Gasteiger partial charge on any atom is 0.328 e. The maximum atomic E-state index is 12.8. The van der Waals surface area contributed by atoms with E-state index in [1.807, 2.05) is 28.2 Å². The van der Waals surface area contributed by atoms with Crippen LogP contribution in [0.2, 0.25) is 0 Å². The number of nitrogens with zero attached hydrogens (tertiary/aromatic N) is 3. The monoisotopic (exact) mass is 437 g/mol. The number of imidazole rings is 1. The molecule has 9 nitrogen and oxygen atoms in total. The topological polar surface area (TPSA) is 110 Å². The first-order chi connectivity index (χ1) is 15.1. The van der Waals surface area contributed by atoms with E-state index in [-0.39, 0.29) is 18.2 Å². The van der Waals surface area contributed by atoms with E-state index < -0.39 is 17.2 Å². The third kappa shape index (κ3) is 3.82. The molecule has 3 aromatic heterocycles. The zero-order chi connectivity index (χ0) is 21.4. The number of nitrogens with one attached hydrogen (secondary N) is 2. The molecule has 1 fully saturated rings. The average molecular weight is 437 g/mol. The first-order valence-electron chi connectivity index (χ1n) is 9.86.